The Kier molecular flexibility index (Phi) is 4.87. The van der Waals surface area contributed by atoms with Gasteiger partial charge in [0.2, 0.25) is 0 Å². The molecule has 2 atom stereocenters. The summed E-state index contributed by atoms with van der Waals surface area (Å²) in [4.78, 5) is 0. The summed E-state index contributed by atoms with van der Waals surface area (Å²) in [6.07, 6.45) is -0.362. The van der Waals surface area contributed by atoms with Crippen molar-refractivity contribution in [2.24, 2.45) is 0 Å². The molecule has 0 heterocycles. The smallest absolute Gasteiger partial charge is 0.0636 e. The van der Waals surface area contributed by atoms with Crippen LogP contribution in [0, 0.1) is 0 Å². The Morgan fingerprint density at radius 3 is 2.53 bits per heavy atom. The molecule has 1 aromatic rings. The normalized spacial score (nSPS) is 15.0. The Morgan fingerprint density at radius 2 is 2.00 bits per heavy atom. The second-order valence-corrected chi connectivity index (χ2v) is 4.49. The largest absolute Gasteiger partial charge is 0.392 e. The number of benzene rings is 1. The van der Waals surface area contributed by atoms with Crippen molar-refractivity contribution in [3.8, 4) is 0 Å². The van der Waals surface area contributed by atoms with Crippen molar-refractivity contribution in [2.45, 2.75) is 26.0 Å². The lowest BCUT2D eigenvalue weighted by molar-refractivity contribution is 0.187. The van der Waals surface area contributed by atoms with Crippen LogP contribution in [-0.4, -0.2) is 17.8 Å². The summed E-state index contributed by atoms with van der Waals surface area (Å²) in [5.74, 6) is 0. The van der Waals surface area contributed by atoms with Gasteiger partial charge in [-0.3, -0.25) is 0 Å². The molecule has 0 saturated heterocycles. The molecule has 2 nitrogen and oxygen atoms in total. The molecule has 0 aliphatic heterocycles. The number of aliphatic hydroxyl groups excluding tert-OH is 1. The van der Waals surface area contributed by atoms with E-state index in [1.54, 1.807) is 13.0 Å². The summed E-state index contributed by atoms with van der Waals surface area (Å²) >= 11 is 11.9. The Bertz CT molecular complexity index is 328. The van der Waals surface area contributed by atoms with Gasteiger partial charge in [-0.2, -0.15) is 0 Å². The van der Waals surface area contributed by atoms with Gasteiger partial charge >= 0.3 is 0 Å². The third-order valence-electron chi connectivity index (χ3n) is 2.15. The zero-order valence-electron chi connectivity index (χ0n) is 8.80. The standard InChI is InChI=1S/C11H15Cl2NO/c1-7(15)6-14-8(2)10-4-3-9(12)5-11(10)13/h3-5,7-8,14-15H,6H2,1-2H3/t7-,8+/m1/s1. The van der Waals surface area contributed by atoms with Gasteiger partial charge < -0.3 is 10.4 Å². The third kappa shape index (κ3) is 3.99. The van der Waals surface area contributed by atoms with Crippen molar-refractivity contribution in [3.63, 3.8) is 0 Å². The first kappa shape index (κ1) is 12.8. The average Bonchev–Trinajstić information content (AvgIpc) is 2.14. The molecule has 0 fully saturated rings. The SMILES string of the molecule is C[C@H](NC[C@@H](C)O)c1ccc(Cl)cc1Cl. The molecule has 0 aromatic heterocycles. The van der Waals surface area contributed by atoms with E-state index in [1.165, 1.54) is 0 Å². The van der Waals surface area contributed by atoms with Gasteiger partial charge in [0, 0.05) is 22.6 Å². The van der Waals surface area contributed by atoms with E-state index >= 15 is 0 Å². The minimum absolute atomic E-state index is 0.101. The van der Waals surface area contributed by atoms with E-state index in [4.69, 9.17) is 28.3 Å². The van der Waals surface area contributed by atoms with Crippen LogP contribution in [0.3, 0.4) is 0 Å². The number of hydrogen-bond donors (Lipinski definition) is 2. The Hall–Kier alpha value is -0.280. The lowest BCUT2D eigenvalue weighted by Crippen LogP contribution is -2.27. The summed E-state index contributed by atoms with van der Waals surface area (Å²) in [7, 11) is 0. The lowest BCUT2D eigenvalue weighted by atomic mass is 10.1. The summed E-state index contributed by atoms with van der Waals surface area (Å²) < 4.78 is 0. The Labute approximate surface area is 100 Å². The Morgan fingerprint density at radius 1 is 1.33 bits per heavy atom. The van der Waals surface area contributed by atoms with E-state index < -0.39 is 0 Å². The molecule has 0 spiro atoms. The zero-order chi connectivity index (χ0) is 11.4. The van der Waals surface area contributed by atoms with E-state index in [-0.39, 0.29) is 12.1 Å². The quantitative estimate of drug-likeness (QED) is 0.858. The summed E-state index contributed by atoms with van der Waals surface area (Å²) in [5, 5.41) is 13.6. The van der Waals surface area contributed by atoms with Crippen LogP contribution in [0.5, 0.6) is 0 Å². The Balaban J connectivity index is 2.69. The summed E-state index contributed by atoms with van der Waals surface area (Å²) in [6.45, 7) is 4.28. The van der Waals surface area contributed by atoms with E-state index in [0.717, 1.165) is 5.56 Å². The van der Waals surface area contributed by atoms with Crippen molar-refractivity contribution >= 4 is 23.2 Å². The first-order chi connectivity index (χ1) is 7.00. The maximum Gasteiger partial charge on any atom is 0.0636 e. The van der Waals surface area contributed by atoms with Crippen LogP contribution in [0.15, 0.2) is 18.2 Å². The maximum absolute atomic E-state index is 9.14. The predicted octanol–water partition coefficient (Wildman–Crippen LogP) is 3.02. The molecule has 0 unspecified atom stereocenters. The molecule has 0 bridgehead atoms. The fraction of sp³-hybridized carbons (Fsp3) is 0.455. The van der Waals surface area contributed by atoms with Gasteiger partial charge in [-0.15, -0.1) is 0 Å². The number of halogens is 2. The minimum Gasteiger partial charge on any atom is -0.392 e. The molecule has 0 saturated carbocycles. The zero-order valence-corrected chi connectivity index (χ0v) is 10.3. The first-order valence-corrected chi connectivity index (χ1v) is 5.62. The molecule has 84 valence electrons. The van der Waals surface area contributed by atoms with Crippen LogP contribution < -0.4 is 5.32 Å². The number of hydrogen-bond acceptors (Lipinski definition) is 2. The molecule has 0 amide bonds. The molecule has 2 N–H and O–H groups in total. The van der Waals surface area contributed by atoms with Crippen molar-refractivity contribution in [2.75, 3.05) is 6.54 Å². The molecular formula is C11H15Cl2NO. The molecule has 0 aliphatic rings. The van der Waals surface area contributed by atoms with E-state index in [2.05, 4.69) is 5.32 Å². The first-order valence-electron chi connectivity index (χ1n) is 4.87. The van der Waals surface area contributed by atoms with Gasteiger partial charge in [0.1, 0.15) is 0 Å². The van der Waals surface area contributed by atoms with E-state index in [1.807, 2.05) is 19.1 Å². The minimum atomic E-state index is -0.362. The molecule has 1 aromatic carbocycles. The van der Waals surface area contributed by atoms with Crippen molar-refractivity contribution in [1.29, 1.82) is 0 Å². The highest BCUT2D eigenvalue weighted by Gasteiger charge is 2.09. The monoisotopic (exact) mass is 247 g/mol. The van der Waals surface area contributed by atoms with Crippen molar-refractivity contribution < 1.29 is 5.11 Å². The second kappa shape index (κ2) is 5.71. The van der Waals surface area contributed by atoms with Gasteiger partial charge in [0.25, 0.3) is 0 Å². The number of rotatable bonds is 4. The highest BCUT2D eigenvalue weighted by atomic mass is 35.5. The predicted molar refractivity (Wildman–Crippen MR) is 64.6 cm³/mol. The van der Waals surface area contributed by atoms with Crippen LogP contribution >= 0.6 is 23.2 Å². The van der Waals surface area contributed by atoms with Gasteiger partial charge in [-0.1, -0.05) is 29.3 Å². The highest BCUT2D eigenvalue weighted by Crippen LogP contribution is 2.25. The van der Waals surface area contributed by atoms with Gasteiger partial charge in [-0.05, 0) is 31.5 Å². The number of aliphatic hydroxyl groups is 1. The molecule has 4 heteroatoms. The van der Waals surface area contributed by atoms with Crippen LogP contribution in [-0.2, 0) is 0 Å². The molecular weight excluding hydrogens is 233 g/mol. The fourth-order valence-corrected chi connectivity index (χ4v) is 1.88. The van der Waals surface area contributed by atoms with Crippen molar-refractivity contribution in [3.05, 3.63) is 33.8 Å². The highest BCUT2D eigenvalue weighted by molar-refractivity contribution is 6.35. The average molecular weight is 248 g/mol. The second-order valence-electron chi connectivity index (χ2n) is 3.64. The van der Waals surface area contributed by atoms with E-state index in [9.17, 15) is 0 Å². The van der Waals surface area contributed by atoms with Crippen LogP contribution in [0.1, 0.15) is 25.5 Å². The topological polar surface area (TPSA) is 32.3 Å². The van der Waals surface area contributed by atoms with Crippen LogP contribution in [0.25, 0.3) is 0 Å². The third-order valence-corrected chi connectivity index (χ3v) is 2.71. The molecule has 15 heavy (non-hydrogen) atoms. The molecule has 0 radical (unpaired) electrons. The molecule has 1 rings (SSSR count). The van der Waals surface area contributed by atoms with Gasteiger partial charge in [0.05, 0.1) is 6.10 Å². The van der Waals surface area contributed by atoms with Crippen molar-refractivity contribution in [1.82, 2.24) is 5.32 Å². The van der Waals surface area contributed by atoms with Crippen LogP contribution in [0.2, 0.25) is 10.0 Å². The maximum atomic E-state index is 9.14. The fourth-order valence-electron chi connectivity index (χ4n) is 1.31. The number of nitrogens with one attached hydrogen (secondary N) is 1. The summed E-state index contributed by atoms with van der Waals surface area (Å²) in [6, 6.07) is 5.52. The van der Waals surface area contributed by atoms with Gasteiger partial charge in [0.15, 0.2) is 0 Å². The lowest BCUT2D eigenvalue weighted by Gasteiger charge is -2.16. The summed E-state index contributed by atoms with van der Waals surface area (Å²) in [5.41, 5.74) is 0.988. The van der Waals surface area contributed by atoms with E-state index in [0.29, 0.717) is 16.6 Å². The van der Waals surface area contributed by atoms with Gasteiger partial charge in [-0.25, -0.2) is 0 Å². The van der Waals surface area contributed by atoms with Crippen LogP contribution in [0.4, 0.5) is 0 Å². The molecule has 0 aliphatic carbocycles.